The molecule has 0 aliphatic heterocycles. The minimum atomic E-state index is 0.256. The summed E-state index contributed by atoms with van der Waals surface area (Å²) in [5.41, 5.74) is 1.10. The molecule has 0 spiro atoms. The summed E-state index contributed by atoms with van der Waals surface area (Å²) in [4.78, 5) is 1.24. The fourth-order valence-corrected chi connectivity index (χ4v) is 2.74. The van der Waals surface area contributed by atoms with E-state index in [0.717, 1.165) is 37.3 Å². The Labute approximate surface area is 112 Å². The van der Waals surface area contributed by atoms with Crippen LogP contribution in [-0.2, 0) is 12.8 Å². The molecule has 2 rings (SSSR count). The highest BCUT2D eigenvalue weighted by Crippen LogP contribution is 2.24. The molecule has 5 heteroatoms. The first-order valence-corrected chi connectivity index (χ1v) is 7.19. The van der Waals surface area contributed by atoms with Gasteiger partial charge in [0.2, 0.25) is 0 Å². The van der Waals surface area contributed by atoms with Crippen LogP contribution in [0.1, 0.15) is 42.6 Å². The molecule has 18 heavy (non-hydrogen) atoms. The Morgan fingerprint density at radius 3 is 3.00 bits per heavy atom. The molecule has 0 saturated carbocycles. The van der Waals surface area contributed by atoms with Crippen molar-refractivity contribution in [3.63, 3.8) is 0 Å². The van der Waals surface area contributed by atoms with Gasteiger partial charge in [0.1, 0.15) is 5.76 Å². The molecule has 0 amide bonds. The molecule has 0 bridgehead atoms. The lowest BCUT2D eigenvalue weighted by Crippen LogP contribution is -2.24. The molecule has 1 unspecified atom stereocenters. The van der Waals surface area contributed by atoms with Gasteiger partial charge < -0.3 is 9.73 Å². The van der Waals surface area contributed by atoms with Gasteiger partial charge in [0.25, 0.3) is 0 Å². The van der Waals surface area contributed by atoms with Crippen molar-refractivity contribution < 1.29 is 4.42 Å². The number of aryl methyl sites for hydroxylation is 1. The molecule has 98 valence electrons. The SMILES string of the molecule is CCCNC(Cc1ccco1)c1snnc1CC. The molecule has 1 N–H and O–H groups in total. The van der Waals surface area contributed by atoms with Crippen LogP contribution in [0.2, 0.25) is 0 Å². The van der Waals surface area contributed by atoms with Crippen LogP contribution in [0, 0.1) is 0 Å². The van der Waals surface area contributed by atoms with Crippen molar-refractivity contribution in [3.8, 4) is 0 Å². The van der Waals surface area contributed by atoms with Crippen molar-refractivity contribution in [2.45, 2.75) is 39.2 Å². The standard InChI is InChI=1S/C13H19N3OS/c1-3-7-14-12(9-10-6-5-8-17-10)13-11(4-2)15-16-18-13/h5-6,8,12,14H,3-4,7,9H2,1-2H3. The highest BCUT2D eigenvalue weighted by Gasteiger charge is 2.19. The van der Waals surface area contributed by atoms with E-state index in [-0.39, 0.29) is 6.04 Å². The van der Waals surface area contributed by atoms with Gasteiger partial charge in [-0.25, -0.2) is 0 Å². The molecule has 0 saturated heterocycles. The van der Waals surface area contributed by atoms with Gasteiger partial charge in [0, 0.05) is 6.42 Å². The van der Waals surface area contributed by atoms with Crippen LogP contribution in [0.3, 0.4) is 0 Å². The number of furan rings is 1. The second-order valence-electron chi connectivity index (χ2n) is 4.23. The summed E-state index contributed by atoms with van der Waals surface area (Å²) in [6.45, 7) is 5.28. The zero-order valence-corrected chi connectivity index (χ0v) is 11.7. The van der Waals surface area contributed by atoms with E-state index in [4.69, 9.17) is 4.42 Å². The van der Waals surface area contributed by atoms with Crippen molar-refractivity contribution in [3.05, 3.63) is 34.7 Å². The van der Waals surface area contributed by atoms with E-state index in [2.05, 4.69) is 28.8 Å². The molecular formula is C13H19N3OS. The minimum absolute atomic E-state index is 0.256. The molecule has 0 aliphatic carbocycles. The van der Waals surface area contributed by atoms with Crippen LogP contribution in [0.5, 0.6) is 0 Å². The predicted molar refractivity (Wildman–Crippen MR) is 72.7 cm³/mol. The molecular weight excluding hydrogens is 246 g/mol. The lowest BCUT2D eigenvalue weighted by molar-refractivity contribution is 0.451. The molecule has 2 aromatic rings. The summed E-state index contributed by atoms with van der Waals surface area (Å²) in [5, 5.41) is 7.75. The van der Waals surface area contributed by atoms with E-state index in [1.54, 1.807) is 6.26 Å². The van der Waals surface area contributed by atoms with E-state index in [9.17, 15) is 0 Å². The van der Waals surface area contributed by atoms with Gasteiger partial charge >= 0.3 is 0 Å². The smallest absolute Gasteiger partial charge is 0.105 e. The summed E-state index contributed by atoms with van der Waals surface area (Å²) in [5.74, 6) is 0.999. The van der Waals surface area contributed by atoms with Gasteiger partial charge in [-0.1, -0.05) is 18.3 Å². The Hall–Kier alpha value is -1.20. The third-order valence-corrected chi connectivity index (χ3v) is 3.74. The van der Waals surface area contributed by atoms with E-state index in [1.807, 2.05) is 12.1 Å². The minimum Gasteiger partial charge on any atom is -0.469 e. The Balaban J connectivity index is 2.14. The van der Waals surface area contributed by atoms with Gasteiger partial charge in [-0.3, -0.25) is 0 Å². The zero-order valence-electron chi connectivity index (χ0n) is 10.8. The summed E-state index contributed by atoms with van der Waals surface area (Å²) in [7, 11) is 0. The Bertz CT molecular complexity index is 453. The van der Waals surface area contributed by atoms with Crippen LogP contribution in [0.25, 0.3) is 0 Å². The number of nitrogens with one attached hydrogen (secondary N) is 1. The van der Waals surface area contributed by atoms with Crippen LogP contribution < -0.4 is 5.32 Å². The van der Waals surface area contributed by atoms with Gasteiger partial charge in [0.05, 0.1) is 22.9 Å². The van der Waals surface area contributed by atoms with Crippen LogP contribution in [0.4, 0.5) is 0 Å². The zero-order chi connectivity index (χ0) is 12.8. The van der Waals surface area contributed by atoms with Crippen molar-refractivity contribution in [1.29, 1.82) is 0 Å². The molecule has 4 nitrogen and oxygen atoms in total. The lowest BCUT2D eigenvalue weighted by atomic mass is 10.1. The number of rotatable bonds is 7. The first kappa shape index (κ1) is 13.2. The van der Waals surface area contributed by atoms with Gasteiger partial charge in [0.15, 0.2) is 0 Å². The van der Waals surface area contributed by atoms with Gasteiger partial charge in [-0.2, -0.15) is 0 Å². The molecule has 0 aliphatic rings. The maximum Gasteiger partial charge on any atom is 0.105 e. The molecule has 2 aromatic heterocycles. The van der Waals surface area contributed by atoms with Crippen molar-refractivity contribution in [1.82, 2.24) is 14.9 Å². The second kappa shape index (κ2) is 6.66. The summed E-state index contributed by atoms with van der Waals surface area (Å²) in [6.07, 6.45) is 4.61. The number of aromatic nitrogens is 2. The van der Waals surface area contributed by atoms with Crippen LogP contribution >= 0.6 is 11.5 Å². The highest BCUT2D eigenvalue weighted by atomic mass is 32.1. The Kier molecular flexibility index (Phi) is 4.90. The fraction of sp³-hybridized carbons (Fsp3) is 0.538. The third-order valence-electron chi connectivity index (χ3n) is 2.86. The maximum absolute atomic E-state index is 5.44. The number of nitrogens with zero attached hydrogens (tertiary/aromatic N) is 2. The number of hydrogen-bond donors (Lipinski definition) is 1. The maximum atomic E-state index is 5.44. The van der Waals surface area contributed by atoms with Crippen molar-refractivity contribution in [2.24, 2.45) is 0 Å². The average Bonchev–Trinajstić information content (AvgIpc) is 3.04. The van der Waals surface area contributed by atoms with Gasteiger partial charge in [-0.05, 0) is 43.1 Å². The first-order chi connectivity index (χ1) is 8.85. The van der Waals surface area contributed by atoms with Crippen LogP contribution in [-0.4, -0.2) is 16.1 Å². The predicted octanol–water partition coefficient (Wildman–Crippen LogP) is 2.98. The lowest BCUT2D eigenvalue weighted by Gasteiger charge is -2.16. The van der Waals surface area contributed by atoms with Crippen molar-refractivity contribution >= 4 is 11.5 Å². The summed E-state index contributed by atoms with van der Waals surface area (Å²) >= 11 is 1.49. The number of hydrogen-bond acceptors (Lipinski definition) is 5. The quantitative estimate of drug-likeness (QED) is 0.836. The highest BCUT2D eigenvalue weighted by molar-refractivity contribution is 7.05. The Morgan fingerprint density at radius 1 is 1.44 bits per heavy atom. The monoisotopic (exact) mass is 265 g/mol. The molecule has 0 aromatic carbocycles. The second-order valence-corrected chi connectivity index (χ2v) is 5.01. The summed E-state index contributed by atoms with van der Waals surface area (Å²) < 4.78 is 9.51. The van der Waals surface area contributed by atoms with E-state index < -0.39 is 0 Å². The summed E-state index contributed by atoms with van der Waals surface area (Å²) in [6, 6.07) is 4.20. The normalized spacial score (nSPS) is 12.8. The largest absolute Gasteiger partial charge is 0.469 e. The van der Waals surface area contributed by atoms with E-state index in [0.29, 0.717) is 0 Å². The Morgan fingerprint density at radius 2 is 2.33 bits per heavy atom. The van der Waals surface area contributed by atoms with Gasteiger partial charge in [-0.15, -0.1) is 5.10 Å². The van der Waals surface area contributed by atoms with E-state index >= 15 is 0 Å². The fourth-order valence-electron chi connectivity index (χ4n) is 1.93. The van der Waals surface area contributed by atoms with Crippen molar-refractivity contribution in [2.75, 3.05) is 6.54 Å². The third kappa shape index (κ3) is 3.17. The topological polar surface area (TPSA) is 51.0 Å². The first-order valence-electron chi connectivity index (χ1n) is 6.42. The molecule has 1 atom stereocenters. The molecule has 0 fully saturated rings. The van der Waals surface area contributed by atoms with Crippen LogP contribution in [0.15, 0.2) is 22.8 Å². The molecule has 0 radical (unpaired) electrons. The average molecular weight is 265 g/mol. The van der Waals surface area contributed by atoms with E-state index in [1.165, 1.54) is 16.4 Å². The molecule has 2 heterocycles.